The number of nitrogens with one attached hydrogen (secondary N) is 2. The minimum Gasteiger partial charge on any atom is -0.352 e. The number of carbonyl (C=O) groups is 3. The van der Waals surface area contributed by atoms with Crippen molar-refractivity contribution in [3.63, 3.8) is 0 Å². The van der Waals surface area contributed by atoms with Gasteiger partial charge in [-0.3, -0.25) is 14.5 Å². The van der Waals surface area contributed by atoms with E-state index >= 15 is 0 Å². The fourth-order valence-corrected chi connectivity index (χ4v) is 5.67. The molecule has 1 aliphatic heterocycles. The highest BCUT2D eigenvalue weighted by Crippen LogP contribution is 2.46. The summed E-state index contributed by atoms with van der Waals surface area (Å²) >= 11 is 0. The normalized spacial score (nSPS) is 32.1. The molecule has 0 aromatic carbocycles. The van der Waals surface area contributed by atoms with Crippen LogP contribution in [0.25, 0.3) is 0 Å². The Morgan fingerprint density at radius 1 is 1.11 bits per heavy atom. The van der Waals surface area contributed by atoms with Crippen molar-refractivity contribution in [1.29, 1.82) is 0 Å². The molecule has 2 N–H and O–H groups in total. The van der Waals surface area contributed by atoms with Gasteiger partial charge < -0.3 is 10.6 Å². The molecule has 2 aliphatic carbocycles. The summed E-state index contributed by atoms with van der Waals surface area (Å²) in [7, 11) is 0. The minimum absolute atomic E-state index is 0.00225. The zero-order valence-electron chi connectivity index (χ0n) is 17.1. The average Bonchev–Trinajstić information content (AvgIpc) is 2.71. The molecule has 0 aromatic heterocycles. The van der Waals surface area contributed by atoms with Crippen LogP contribution in [0.1, 0.15) is 85.0 Å². The van der Waals surface area contributed by atoms with E-state index < -0.39 is 11.6 Å². The van der Waals surface area contributed by atoms with Gasteiger partial charge in [0, 0.05) is 6.04 Å². The molecule has 0 radical (unpaired) electrons. The van der Waals surface area contributed by atoms with E-state index in [1.165, 1.54) is 19.3 Å². The summed E-state index contributed by atoms with van der Waals surface area (Å²) in [5.41, 5.74) is -0.837. The fraction of sp³-hybridized carbons (Fsp3) is 0.857. The molecule has 1 heterocycles. The van der Waals surface area contributed by atoms with E-state index in [0.717, 1.165) is 37.0 Å². The molecule has 3 fully saturated rings. The van der Waals surface area contributed by atoms with Crippen LogP contribution >= 0.6 is 0 Å². The first kappa shape index (κ1) is 20.2. The van der Waals surface area contributed by atoms with Gasteiger partial charge in [0.15, 0.2) is 0 Å². The summed E-state index contributed by atoms with van der Waals surface area (Å²) in [6.45, 7) is 6.26. The first-order valence-electron chi connectivity index (χ1n) is 10.6. The molecule has 0 aromatic rings. The highest BCUT2D eigenvalue weighted by Gasteiger charge is 2.56. The first-order valence-corrected chi connectivity index (χ1v) is 10.6. The molecule has 1 spiro atoms. The molecule has 6 heteroatoms. The van der Waals surface area contributed by atoms with Gasteiger partial charge >= 0.3 is 6.03 Å². The van der Waals surface area contributed by atoms with Gasteiger partial charge in [-0.25, -0.2) is 4.79 Å². The van der Waals surface area contributed by atoms with Crippen molar-refractivity contribution in [3.8, 4) is 0 Å². The fourth-order valence-electron chi connectivity index (χ4n) is 5.67. The number of imide groups is 1. The van der Waals surface area contributed by atoms with Crippen LogP contribution in [0, 0.1) is 11.3 Å². The molecule has 2 saturated carbocycles. The third kappa shape index (κ3) is 4.64. The van der Waals surface area contributed by atoms with E-state index in [1.54, 1.807) is 0 Å². The van der Waals surface area contributed by atoms with E-state index in [1.807, 2.05) is 0 Å². The van der Waals surface area contributed by atoms with E-state index in [0.29, 0.717) is 18.8 Å². The van der Waals surface area contributed by atoms with Crippen LogP contribution < -0.4 is 10.6 Å². The first-order chi connectivity index (χ1) is 12.7. The van der Waals surface area contributed by atoms with E-state index in [-0.39, 0.29) is 29.8 Å². The van der Waals surface area contributed by atoms with Crippen molar-refractivity contribution < 1.29 is 14.4 Å². The molecule has 152 valence electrons. The quantitative estimate of drug-likeness (QED) is 0.740. The van der Waals surface area contributed by atoms with Crippen LogP contribution in [0.15, 0.2) is 0 Å². The Balaban J connectivity index is 1.62. The summed E-state index contributed by atoms with van der Waals surface area (Å²) in [5, 5.41) is 6.00. The van der Waals surface area contributed by atoms with Gasteiger partial charge in [-0.1, -0.05) is 52.9 Å². The van der Waals surface area contributed by atoms with Gasteiger partial charge in [0.25, 0.3) is 5.91 Å². The zero-order valence-corrected chi connectivity index (χ0v) is 17.1. The monoisotopic (exact) mass is 377 g/mol. The second-order valence-corrected chi connectivity index (χ2v) is 9.87. The number of hydrogen-bond acceptors (Lipinski definition) is 3. The molecule has 27 heavy (non-hydrogen) atoms. The Kier molecular flexibility index (Phi) is 5.82. The number of carbonyl (C=O) groups excluding carboxylic acids is 3. The molecule has 3 rings (SSSR count). The molecular formula is C21H35N3O3. The largest absolute Gasteiger partial charge is 0.352 e. The number of hydrogen-bond donors (Lipinski definition) is 2. The Labute approximate surface area is 162 Å². The van der Waals surface area contributed by atoms with Crippen molar-refractivity contribution in [2.75, 3.05) is 6.54 Å². The van der Waals surface area contributed by atoms with Crippen LogP contribution in [0.5, 0.6) is 0 Å². The maximum atomic E-state index is 13.1. The second kappa shape index (κ2) is 7.80. The average molecular weight is 378 g/mol. The lowest BCUT2D eigenvalue weighted by Gasteiger charge is -2.43. The van der Waals surface area contributed by atoms with Crippen LogP contribution in [0.2, 0.25) is 0 Å². The van der Waals surface area contributed by atoms with Crippen molar-refractivity contribution >= 4 is 17.8 Å². The lowest BCUT2D eigenvalue weighted by molar-refractivity contribution is -0.137. The lowest BCUT2D eigenvalue weighted by atomic mass is 9.64. The Morgan fingerprint density at radius 3 is 2.37 bits per heavy atom. The smallest absolute Gasteiger partial charge is 0.325 e. The van der Waals surface area contributed by atoms with Crippen molar-refractivity contribution in [2.45, 2.75) is 96.6 Å². The maximum absolute atomic E-state index is 13.1. The van der Waals surface area contributed by atoms with Gasteiger partial charge in [0.2, 0.25) is 5.91 Å². The molecule has 1 saturated heterocycles. The van der Waals surface area contributed by atoms with Gasteiger partial charge in [-0.05, 0) is 43.4 Å². The Bertz CT molecular complexity index is 595. The van der Waals surface area contributed by atoms with Crippen LogP contribution in [0.3, 0.4) is 0 Å². The van der Waals surface area contributed by atoms with E-state index in [9.17, 15) is 14.4 Å². The summed E-state index contributed by atoms with van der Waals surface area (Å²) in [6, 6.07) is -0.251. The van der Waals surface area contributed by atoms with Crippen molar-refractivity contribution in [3.05, 3.63) is 0 Å². The minimum atomic E-state index is -0.835. The molecular weight excluding hydrogens is 342 g/mol. The third-order valence-corrected chi connectivity index (χ3v) is 6.40. The van der Waals surface area contributed by atoms with Crippen molar-refractivity contribution in [2.24, 2.45) is 11.3 Å². The predicted octanol–water partition coefficient (Wildman–Crippen LogP) is 3.35. The third-order valence-electron chi connectivity index (χ3n) is 6.40. The molecule has 4 amide bonds. The van der Waals surface area contributed by atoms with Gasteiger partial charge in [-0.15, -0.1) is 0 Å². The van der Waals surface area contributed by atoms with E-state index in [4.69, 9.17) is 0 Å². The number of urea groups is 1. The standard InChI is InChI=1S/C21H35N3O3/c1-15-11-20(2,3)14-21(12-15)18(26)24(19(27)23-21)13-17(25)22-16-9-7-5-4-6-8-10-16/h15-16H,4-14H2,1-3H3,(H,22,25)(H,23,27). The number of rotatable bonds is 3. The summed E-state index contributed by atoms with van der Waals surface area (Å²) in [5.74, 6) is -0.0779. The van der Waals surface area contributed by atoms with E-state index in [2.05, 4.69) is 31.4 Å². The Hall–Kier alpha value is -1.59. The molecule has 2 unspecified atom stereocenters. The molecule has 6 nitrogen and oxygen atoms in total. The molecule has 0 bridgehead atoms. The van der Waals surface area contributed by atoms with Crippen LogP contribution in [0.4, 0.5) is 4.79 Å². The summed E-state index contributed by atoms with van der Waals surface area (Å²) < 4.78 is 0. The van der Waals surface area contributed by atoms with Crippen LogP contribution in [-0.4, -0.2) is 40.9 Å². The summed E-state index contributed by atoms with van der Waals surface area (Å²) in [4.78, 5) is 39.3. The van der Waals surface area contributed by atoms with Gasteiger partial charge in [0.1, 0.15) is 12.1 Å². The summed E-state index contributed by atoms with van der Waals surface area (Å²) in [6.07, 6.45) is 10.3. The molecule has 3 aliphatic rings. The Morgan fingerprint density at radius 2 is 1.74 bits per heavy atom. The predicted molar refractivity (Wildman–Crippen MR) is 104 cm³/mol. The second-order valence-electron chi connectivity index (χ2n) is 9.87. The van der Waals surface area contributed by atoms with Crippen LogP contribution in [-0.2, 0) is 9.59 Å². The maximum Gasteiger partial charge on any atom is 0.325 e. The lowest BCUT2D eigenvalue weighted by Crippen LogP contribution is -2.54. The highest BCUT2D eigenvalue weighted by molar-refractivity contribution is 6.09. The number of nitrogens with zero attached hydrogens (tertiary/aromatic N) is 1. The van der Waals surface area contributed by atoms with Gasteiger partial charge in [-0.2, -0.15) is 0 Å². The number of amides is 4. The van der Waals surface area contributed by atoms with Gasteiger partial charge in [0.05, 0.1) is 0 Å². The van der Waals surface area contributed by atoms with Crippen molar-refractivity contribution in [1.82, 2.24) is 15.5 Å². The highest BCUT2D eigenvalue weighted by atomic mass is 16.2. The SMILES string of the molecule is CC1CC(C)(C)CC2(C1)NC(=O)N(CC(=O)NC1CCCCCCC1)C2=O. The zero-order chi connectivity index (χ0) is 19.7. The molecule has 2 atom stereocenters. The topological polar surface area (TPSA) is 78.5 Å².